The highest BCUT2D eigenvalue weighted by molar-refractivity contribution is 9.10. The van der Waals surface area contributed by atoms with Gasteiger partial charge in [0.25, 0.3) is 0 Å². The van der Waals surface area contributed by atoms with Gasteiger partial charge < -0.3 is 19.5 Å². The summed E-state index contributed by atoms with van der Waals surface area (Å²) in [5.74, 6) is -1.05. The van der Waals surface area contributed by atoms with Gasteiger partial charge in [0, 0.05) is 53.3 Å². The van der Waals surface area contributed by atoms with Gasteiger partial charge in [-0.2, -0.15) is 0 Å². The quantitative estimate of drug-likeness (QED) is 0.456. The third-order valence-electron chi connectivity index (χ3n) is 7.86. The summed E-state index contributed by atoms with van der Waals surface area (Å²) in [7, 11) is 0. The highest BCUT2D eigenvalue weighted by Crippen LogP contribution is 2.54. The molecule has 0 radical (unpaired) electrons. The van der Waals surface area contributed by atoms with Crippen LogP contribution in [0.2, 0.25) is 0 Å². The van der Waals surface area contributed by atoms with E-state index in [1.165, 1.54) is 22.3 Å². The zero-order chi connectivity index (χ0) is 24.9. The minimum absolute atomic E-state index is 0.00639. The maximum Gasteiger partial charge on any atom is 0.410 e. The summed E-state index contributed by atoms with van der Waals surface area (Å²) in [6.45, 7) is 0.329. The summed E-state index contributed by atoms with van der Waals surface area (Å²) in [5, 5.41) is 9.29. The molecule has 0 spiro atoms. The molecule has 7 nitrogen and oxygen atoms in total. The Kier molecular flexibility index (Phi) is 5.80. The maximum absolute atomic E-state index is 13.2. The predicted molar refractivity (Wildman–Crippen MR) is 135 cm³/mol. The van der Waals surface area contributed by atoms with Crippen molar-refractivity contribution >= 4 is 28.0 Å². The molecule has 2 heterocycles. The molecule has 3 unspecified atom stereocenters. The van der Waals surface area contributed by atoms with Crippen molar-refractivity contribution < 1.29 is 24.2 Å². The van der Waals surface area contributed by atoms with E-state index in [-0.39, 0.29) is 30.6 Å². The first-order valence-electron chi connectivity index (χ1n) is 12.1. The molecule has 1 aromatic heterocycles. The summed E-state index contributed by atoms with van der Waals surface area (Å²) >= 11 is 3.56. The molecule has 6 rings (SSSR count). The standard InChI is InChI=1S/C28H25BrN2O5/c29-25-13-30-10-9-24(25)28(36-16-26(32)33)12-18-11-17(28)14-31(18)27(34)35-15-23-21-7-3-1-5-19(21)20-6-2-4-8-22(20)23/h1-10,13,17-18,23H,11-12,14-16H2,(H,32,33). The molecule has 3 atom stereocenters. The lowest BCUT2D eigenvalue weighted by Crippen LogP contribution is -2.48. The van der Waals surface area contributed by atoms with Crippen molar-refractivity contribution in [3.8, 4) is 11.1 Å². The zero-order valence-corrected chi connectivity index (χ0v) is 21.1. The summed E-state index contributed by atoms with van der Waals surface area (Å²) in [6.07, 6.45) is 4.29. The average Bonchev–Trinajstić information content (AvgIpc) is 3.56. The number of aromatic nitrogens is 1. The molecular formula is C28H25BrN2O5. The summed E-state index contributed by atoms with van der Waals surface area (Å²) in [6, 6.07) is 18.3. The summed E-state index contributed by atoms with van der Waals surface area (Å²) < 4.78 is 12.7. The normalized spacial score (nSPS) is 24.0. The maximum atomic E-state index is 13.2. The van der Waals surface area contributed by atoms with E-state index in [4.69, 9.17) is 9.47 Å². The molecule has 36 heavy (non-hydrogen) atoms. The average molecular weight is 549 g/mol. The van der Waals surface area contributed by atoms with Gasteiger partial charge in [0.2, 0.25) is 0 Å². The van der Waals surface area contributed by atoms with Crippen LogP contribution in [0.15, 0.2) is 71.5 Å². The third-order valence-corrected chi connectivity index (χ3v) is 8.50. The van der Waals surface area contributed by atoms with Crippen LogP contribution in [0.3, 0.4) is 0 Å². The van der Waals surface area contributed by atoms with Gasteiger partial charge >= 0.3 is 12.1 Å². The van der Waals surface area contributed by atoms with E-state index in [1.54, 1.807) is 17.3 Å². The smallest absolute Gasteiger partial charge is 0.410 e. The van der Waals surface area contributed by atoms with Crippen molar-refractivity contribution in [3.05, 3.63) is 88.2 Å². The van der Waals surface area contributed by atoms with Gasteiger partial charge in [-0.05, 0) is 50.7 Å². The lowest BCUT2D eigenvalue weighted by atomic mass is 9.82. The Bertz CT molecular complexity index is 1300. The van der Waals surface area contributed by atoms with Gasteiger partial charge in [-0.1, -0.05) is 48.5 Å². The lowest BCUT2D eigenvalue weighted by molar-refractivity contribution is -0.157. The number of fused-ring (bicyclic) bond motifs is 5. The summed E-state index contributed by atoms with van der Waals surface area (Å²) in [4.78, 5) is 30.5. The Morgan fingerprint density at radius 3 is 2.39 bits per heavy atom. The molecule has 1 aliphatic heterocycles. The fourth-order valence-corrected chi connectivity index (χ4v) is 6.94. The van der Waals surface area contributed by atoms with Gasteiger partial charge in [0.05, 0.1) is 0 Å². The lowest BCUT2D eigenvalue weighted by Gasteiger charge is -2.41. The van der Waals surface area contributed by atoms with Crippen molar-refractivity contribution in [3.63, 3.8) is 0 Å². The Morgan fingerprint density at radius 1 is 1.08 bits per heavy atom. The van der Waals surface area contributed by atoms with Crippen LogP contribution in [0, 0.1) is 5.92 Å². The molecule has 2 fully saturated rings. The van der Waals surface area contributed by atoms with E-state index >= 15 is 0 Å². The number of piperidine rings is 1. The van der Waals surface area contributed by atoms with Crippen LogP contribution < -0.4 is 0 Å². The number of rotatable bonds is 6. The molecule has 2 bridgehead atoms. The first-order valence-corrected chi connectivity index (χ1v) is 12.8. The molecule has 1 saturated heterocycles. The number of hydrogen-bond acceptors (Lipinski definition) is 5. The van der Waals surface area contributed by atoms with Crippen LogP contribution in [0.5, 0.6) is 0 Å². The number of amides is 1. The number of pyridine rings is 1. The van der Waals surface area contributed by atoms with Crippen molar-refractivity contribution in [1.29, 1.82) is 0 Å². The Hall–Kier alpha value is -3.23. The fourth-order valence-electron chi connectivity index (χ4n) is 6.36. The molecular weight excluding hydrogens is 524 g/mol. The van der Waals surface area contributed by atoms with Gasteiger partial charge in [-0.15, -0.1) is 0 Å². The molecule has 8 heteroatoms. The molecule has 2 aliphatic carbocycles. The molecule has 1 saturated carbocycles. The van der Waals surface area contributed by atoms with E-state index in [0.717, 1.165) is 16.5 Å². The van der Waals surface area contributed by atoms with Crippen LogP contribution in [-0.2, 0) is 19.9 Å². The van der Waals surface area contributed by atoms with Crippen molar-refractivity contribution in [2.24, 2.45) is 5.92 Å². The second kappa shape index (κ2) is 9.01. The fraction of sp³-hybridized carbons (Fsp3) is 0.321. The predicted octanol–water partition coefficient (Wildman–Crippen LogP) is 5.18. The first-order chi connectivity index (χ1) is 17.5. The molecule has 3 aliphatic rings. The monoisotopic (exact) mass is 548 g/mol. The number of ether oxygens (including phenoxy) is 2. The molecule has 2 aromatic carbocycles. The Labute approximate surface area is 217 Å². The van der Waals surface area contributed by atoms with Gasteiger partial charge in [-0.3, -0.25) is 4.98 Å². The molecule has 1 amide bonds. The molecule has 1 N–H and O–H groups in total. The van der Waals surface area contributed by atoms with Crippen LogP contribution in [0.25, 0.3) is 11.1 Å². The second-order valence-corrected chi connectivity index (χ2v) is 10.5. The number of likely N-dealkylation sites (tertiary alicyclic amines) is 1. The molecule has 184 valence electrons. The van der Waals surface area contributed by atoms with Crippen LogP contribution >= 0.6 is 15.9 Å². The van der Waals surface area contributed by atoms with Crippen molar-refractivity contribution in [2.75, 3.05) is 19.8 Å². The van der Waals surface area contributed by atoms with E-state index < -0.39 is 18.2 Å². The van der Waals surface area contributed by atoms with Crippen LogP contribution in [0.4, 0.5) is 4.79 Å². The topological polar surface area (TPSA) is 89.0 Å². The minimum Gasteiger partial charge on any atom is -0.480 e. The van der Waals surface area contributed by atoms with Crippen LogP contribution in [-0.4, -0.2) is 52.9 Å². The second-order valence-electron chi connectivity index (χ2n) is 9.67. The largest absolute Gasteiger partial charge is 0.480 e. The van der Waals surface area contributed by atoms with Crippen molar-refractivity contribution in [2.45, 2.75) is 30.4 Å². The summed E-state index contributed by atoms with van der Waals surface area (Å²) in [5.41, 5.74) is 4.83. The SMILES string of the molecule is O=C(O)COC1(c2ccncc2Br)CC2CC1CN2C(=O)OCC1c2ccccc2-c2ccccc21. The van der Waals surface area contributed by atoms with Crippen molar-refractivity contribution in [1.82, 2.24) is 9.88 Å². The Morgan fingerprint density at radius 2 is 1.78 bits per heavy atom. The number of nitrogens with zero attached hydrogens (tertiary/aromatic N) is 2. The first kappa shape index (κ1) is 23.2. The third kappa shape index (κ3) is 3.71. The van der Waals surface area contributed by atoms with Gasteiger partial charge in [0.1, 0.15) is 18.8 Å². The highest BCUT2D eigenvalue weighted by atomic mass is 79.9. The van der Waals surface area contributed by atoms with Gasteiger partial charge in [-0.25, -0.2) is 9.59 Å². The minimum atomic E-state index is -1.02. The Balaban J connectivity index is 1.19. The van der Waals surface area contributed by atoms with E-state index in [2.05, 4.69) is 45.2 Å². The van der Waals surface area contributed by atoms with Crippen LogP contribution in [0.1, 0.15) is 35.4 Å². The highest BCUT2D eigenvalue weighted by Gasteiger charge is 2.58. The van der Waals surface area contributed by atoms with E-state index in [1.807, 2.05) is 30.3 Å². The number of hydrogen-bond donors (Lipinski definition) is 1. The number of carbonyl (C=O) groups is 2. The number of carboxylic acid groups (broad SMARTS) is 1. The number of benzene rings is 2. The van der Waals surface area contributed by atoms with Gasteiger partial charge in [0.15, 0.2) is 0 Å². The number of halogens is 1. The number of aliphatic carboxylic acids is 1. The zero-order valence-electron chi connectivity index (χ0n) is 19.5. The number of carbonyl (C=O) groups excluding carboxylic acids is 1. The van der Waals surface area contributed by atoms with E-state index in [0.29, 0.717) is 13.0 Å². The molecule has 3 aromatic rings. The van der Waals surface area contributed by atoms with E-state index in [9.17, 15) is 14.7 Å². The number of carboxylic acids is 1.